The Kier molecular flexibility index (Phi) is 5.62. The van der Waals surface area contributed by atoms with E-state index in [1.54, 1.807) is 11.1 Å². The van der Waals surface area contributed by atoms with E-state index in [-0.39, 0.29) is 18.4 Å². The molecule has 0 aromatic carbocycles. The number of pyridine rings is 1. The number of aromatic nitrogens is 4. The Hall–Kier alpha value is -3.12. The number of carbonyl (C=O) groups is 1. The summed E-state index contributed by atoms with van der Waals surface area (Å²) in [5, 5.41) is 14.1. The summed E-state index contributed by atoms with van der Waals surface area (Å²) in [6.07, 6.45) is 9.15. The molecule has 0 bridgehead atoms. The second-order valence-corrected chi connectivity index (χ2v) is 7.65. The third kappa shape index (κ3) is 4.03. The normalized spacial score (nSPS) is 16.6. The third-order valence-corrected chi connectivity index (χ3v) is 5.59. The highest BCUT2D eigenvalue weighted by molar-refractivity contribution is 7.98. The van der Waals surface area contributed by atoms with E-state index in [1.807, 2.05) is 36.9 Å². The minimum atomic E-state index is -0.110. The number of likely N-dealkylation sites (tertiary alicyclic amines) is 1. The van der Waals surface area contributed by atoms with Crippen LogP contribution in [0.2, 0.25) is 0 Å². The van der Waals surface area contributed by atoms with Crippen LogP contribution >= 0.6 is 11.8 Å². The topological polar surface area (TPSA) is 111 Å². The van der Waals surface area contributed by atoms with Crippen molar-refractivity contribution in [3.8, 4) is 17.3 Å². The van der Waals surface area contributed by atoms with E-state index in [4.69, 9.17) is 5.26 Å². The summed E-state index contributed by atoms with van der Waals surface area (Å²) in [5.41, 5.74) is 3.44. The van der Waals surface area contributed by atoms with E-state index in [9.17, 15) is 4.79 Å². The number of fused-ring (bicyclic) bond motifs is 1. The van der Waals surface area contributed by atoms with Crippen molar-refractivity contribution < 1.29 is 4.79 Å². The molecule has 1 unspecified atom stereocenters. The minimum absolute atomic E-state index is 0.0757. The molecule has 29 heavy (non-hydrogen) atoms. The zero-order chi connectivity index (χ0) is 20.2. The maximum absolute atomic E-state index is 12.2. The molecule has 8 nitrogen and oxygen atoms in total. The number of nitriles is 1. The molecular formula is C20H21N7OS. The molecule has 9 heteroatoms. The number of nitrogens with one attached hydrogen (secondary N) is 2. The summed E-state index contributed by atoms with van der Waals surface area (Å²) < 4.78 is 0. The van der Waals surface area contributed by atoms with Gasteiger partial charge >= 0.3 is 0 Å². The number of thioether (sulfide) groups is 1. The van der Waals surface area contributed by atoms with Crippen LogP contribution in [0.25, 0.3) is 22.3 Å². The lowest BCUT2D eigenvalue weighted by molar-refractivity contribution is -0.131. The van der Waals surface area contributed by atoms with Gasteiger partial charge in [0, 0.05) is 48.7 Å². The van der Waals surface area contributed by atoms with Crippen molar-refractivity contribution in [2.24, 2.45) is 0 Å². The van der Waals surface area contributed by atoms with Crippen LogP contribution in [-0.4, -0.2) is 56.1 Å². The van der Waals surface area contributed by atoms with Gasteiger partial charge in [0.15, 0.2) is 5.16 Å². The van der Waals surface area contributed by atoms with Gasteiger partial charge in [-0.2, -0.15) is 5.26 Å². The first-order valence-electron chi connectivity index (χ1n) is 9.44. The smallest absolute Gasteiger partial charge is 0.236 e. The van der Waals surface area contributed by atoms with Crippen LogP contribution in [-0.2, 0) is 4.79 Å². The number of hydrogen-bond donors (Lipinski definition) is 2. The number of aromatic amines is 1. The van der Waals surface area contributed by atoms with Gasteiger partial charge in [0.25, 0.3) is 0 Å². The Balaban J connectivity index is 1.68. The van der Waals surface area contributed by atoms with Crippen molar-refractivity contribution in [2.45, 2.75) is 30.5 Å². The fraction of sp³-hybridized carbons (Fsp3) is 0.350. The first kappa shape index (κ1) is 19.2. The number of carbonyl (C=O) groups excluding carboxylic acids is 1. The van der Waals surface area contributed by atoms with Gasteiger partial charge in [0.1, 0.15) is 12.1 Å². The van der Waals surface area contributed by atoms with Crippen molar-refractivity contribution in [1.29, 1.82) is 5.26 Å². The predicted octanol–water partition coefficient (Wildman–Crippen LogP) is 3.06. The zero-order valence-electron chi connectivity index (χ0n) is 16.1. The van der Waals surface area contributed by atoms with Crippen LogP contribution in [0.1, 0.15) is 19.3 Å². The largest absolute Gasteiger partial charge is 0.379 e. The van der Waals surface area contributed by atoms with Gasteiger partial charge in [-0.25, -0.2) is 15.0 Å². The number of nitrogens with zero attached hydrogens (tertiary/aromatic N) is 5. The zero-order valence-corrected chi connectivity index (χ0v) is 16.9. The van der Waals surface area contributed by atoms with Gasteiger partial charge in [-0.3, -0.25) is 4.79 Å². The van der Waals surface area contributed by atoms with Crippen molar-refractivity contribution >= 4 is 34.4 Å². The molecule has 3 aromatic rings. The summed E-state index contributed by atoms with van der Waals surface area (Å²) in [6, 6.07) is 5.91. The van der Waals surface area contributed by atoms with E-state index in [0.29, 0.717) is 18.2 Å². The molecule has 1 saturated heterocycles. The summed E-state index contributed by atoms with van der Waals surface area (Å²) in [7, 11) is 0. The Morgan fingerprint density at radius 2 is 2.34 bits per heavy atom. The van der Waals surface area contributed by atoms with E-state index >= 15 is 0 Å². The monoisotopic (exact) mass is 407 g/mol. The van der Waals surface area contributed by atoms with Crippen LogP contribution < -0.4 is 5.32 Å². The summed E-state index contributed by atoms with van der Waals surface area (Å²) in [4.78, 5) is 30.5. The number of H-pyrrole nitrogens is 1. The molecular weight excluding hydrogens is 386 g/mol. The van der Waals surface area contributed by atoms with E-state index in [1.165, 1.54) is 11.8 Å². The first-order valence-corrected chi connectivity index (χ1v) is 10.7. The molecule has 4 rings (SSSR count). The van der Waals surface area contributed by atoms with E-state index in [2.05, 4.69) is 25.3 Å². The lowest BCUT2D eigenvalue weighted by Gasteiger charge is -2.34. The second kappa shape index (κ2) is 8.49. The van der Waals surface area contributed by atoms with Crippen molar-refractivity contribution in [3.63, 3.8) is 0 Å². The highest BCUT2D eigenvalue weighted by atomic mass is 32.2. The lowest BCUT2D eigenvalue weighted by Crippen LogP contribution is -2.45. The maximum atomic E-state index is 12.2. The van der Waals surface area contributed by atoms with Gasteiger partial charge in [-0.15, -0.1) is 0 Å². The van der Waals surface area contributed by atoms with E-state index < -0.39 is 0 Å². The Morgan fingerprint density at radius 3 is 3.17 bits per heavy atom. The van der Waals surface area contributed by atoms with Gasteiger partial charge in [-0.05, 0) is 31.2 Å². The number of rotatable bonds is 5. The number of anilines is 1. The Morgan fingerprint density at radius 1 is 1.45 bits per heavy atom. The Labute approximate surface area is 172 Å². The van der Waals surface area contributed by atoms with Crippen LogP contribution in [0.15, 0.2) is 35.9 Å². The molecule has 3 aromatic heterocycles. The minimum Gasteiger partial charge on any atom is -0.379 e. The van der Waals surface area contributed by atoms with Crippen molar-refractivity contribution in [3.05, 3.63) is 30.7 Å². The highest BCUT2D eigenvalue weighted by Gasteiger charge is 2.25. The molecule has 0 saturated carbocycles. The predicted molar refractivity (Wildman–Crippen MR) is 112 cm³/mol. The Bertz CT molecular complexity index is 1070. The van der Waals surface area contributed by atoms with Crippen LogP contribution in [0.4, 0.5) is 5.69 Å². The number of hydrogen-bond acceptors (Lipinski definition) is 7. The molecule has 0 radical (unpaired) electrons. The average Bonchev–Trinajstić information content (AvgIpc) is 3.24. The molecule has 1 aliphatic rings. The SMILES string of the molecule is CSc1nccc(-c2cnc3[nH]ccc3c2NC2CCCN(C(=O)CC#N)C2)n1. The van der Waals surface area contributed by atoms with Gasteiger partial charge < -0.3 is 15.2 Å². The summed E-state index contributed by atoms with van der Waals surface area (Å²) in [5.74, 6) is -0.110. The molecule has 1 amide bonds. The number of amides is 1. The van der Waals surface area contributed by atoms with E-state index in [0.717, 1.165) is 40.8 Å². The maximum Gasteiger partial charge on any atom is 0.236 e. The van der Waals surface area contributed by atoms with Crippen molar-refractivity contribution in [1.82, 2.24) is 24.8 Å². The quantitative estimate of drug-likeness (QED) is 0.494. The fourth-order valence-corrected chi connectivity index (χ4v) is 4.01. The number of piperidine rings is 1. The average molecular weight is 408 g/mol. The van der Waals surface area contributed by atoms with Gasteiger partial charge in [0.2, 0.25) is 5.91 Å². The molecule has 2 N–H and O–H groups in total. The summed E-state index contributed by atoms with van der Waals surface area (Å²) >= 11 is 1.49. The standard InChI is InChI=1S/C20H21N7OS/c1-29-20-23-9-6-16(26-20)15-11-24-19-14(5-8-22-19)18(15)25-13-3-2-10-27(12-13)17(28)4-7-21/h5-6,8-9,11,13H,2-4,10,12H2,1H3,(H2,22,24,25). The fourth-order valence-electron chi connectivity index (χ4n) is 3.65. The molecule has 1 aliphatic heterocycles. The summed E-state index contributed by atoms with van der Waals surface area (Å²) in [6.45, 7) is 1.28. The van der Waals surface area contributed by atoms with Gasteiger partial charge in [0.05, 0.1) is 17.5 Å². The molecule has 1 atom stereocenters. The van der Waals surface area contributed by atoms with Crippen LogP contribution in [0.3, 0.4) is 0 Å². The molecule has 1 fully saturated rings. The van der Waals surface area contributed by atoms with Gasteiger partial charge in [-0.1, -0.05) is 11.8 Å². The highest BCUT2D eigenvalue weighted by Crippen LogP contribution is 2.34. The molecule has 4 heterocycles. The molecule has 148 valence electrons. The first-order chi connectivity index (χ1) is 14.2. The second-order valence-electron chi connectivity index (χ2n) is 6.87. The third-order valence-electron chi connectivity index (χ3n) is 5.03. The van der Waals surface area contributed by atoms with Crippen LogP contribution in [0, 0.1) is 11.3 Å². The lowest BCUT2D eigenvalue weighted by atomic mass is 10.0. The molecule has 0 aliphatic carbocycles. The van der Waals surface area contributed by atoms with Crippen molar-refractivity contribution in [2.75, 3.05) is 24.7 Å². The molecule has 0 spiro atoms. The van der Waals surface area contributed by atoms with Crippen LogP contribution in [0.5, 0.6) is 0 Å².